The normalized spacial score (nSPS) is 15.7. The first-order valence-electron chi connectivity index (χ1n) is 6.88. The number of benzene rings is 1. The zero-order valence-electron chi connectivity index (χ0n) is 11.8. The maximum absolute atomic E-state index is 11.9. The van der Waals surface area contributed by atoms with E-state index in [2.05, 4.69) is 5.32 Å². The molecule has 0 spiro atoms. The summed E-state index contributed by atoms with van der Waals surface area (Å²) in [6.45, 7) is 1.53. The third-order valence-corrected chi connectivity index (χ3v) is 3.54. The van der Waals surface area contributed by atoms with Crippen LogP contribution in [0.15, 0.2) is 24.3 Å². The molecule has 1 aliphatic carbocycles. The Labute approximate surface area is 122 Å². The summed E-state index contributed by atoms with van der Waals surface area (Å²) in [5.74, 6) is -1.31. The summed E-state index contributed by atoms with van der Waals surface area (Å²) in [5.41, 5.74) is 6.00. The van der Waals surface area contributed by atoms with Gasteiger partial charge < -0.3 is 15.8 Å². The van der Waals surface area contributed by atoms with Gasteiger partial charge in [-0.05, 0) is 44.0 Å². The van der Waals surface area contributed by atoms with E-state index in [1.54, 1.807) is 12.1 Å². The largest absolute Gasteiger partial charge is 0.452 e. The molecule has 1 aromatic rings. The summed E-state index contributed by atoms with van der Waals surface area (Å²) in [5, 5.41) is 2.62. The molecule has 21 heavy (non-hydrogen) atoms. The Hall–Kier alpha value is -2.37. The highest BCUT2D eigenvalue weighted by Gasteiger charge is 2.29. The molecule has 1 aromatic carbocycles. The number of nitrogens with one attached hydrogen (secondary N) is 1. The van der Waals surface area contributed by atoms with Crippen molar-refractivity contribution in [2.24, 2.45) is 11.7 Å². The molecule has 2 rings (SSSR count). The summed E-state index contributed by atoms with van der Waals surface area (Å²) in [7, 11) is 0. The van der Waals surface area contributed by atoms with Crippen LogP contribution in [0.4, 0.5) is 5.69 Å². The van der Waals surface area contributed by atoms with Gasteiger partial charge in [0.05, 0.1) is 5.92 Å². The van der Waals surface area contributed by atoms with E-state index in [1.807, 2.05) is 0 Å². The first kappa shape index (κ1) is 15.0. The molecule has 0 saturated heterocycles. The Balaban J connectivity index is 1.87. The van der Waals surface area contributed by atoms with Gasteiger partial charge in [-0.25, -0.2) is 0 Å². The molecule has 112 valence electrons. The van der Waals surface area contributed by atoms with Crippen LogP contribution in [0.3, 0.4) is 0 Å². The number of amides is 2. The first-order chi connectivity index (χ1) is 9.97. The molecule has 1 saturated carbocycles. The summed E-state index contributed by atoms with van der Waals surface area (Å²) in [6, 6.07) is 6.17. The summed E-state index contributed by atoms with van der Waals surface area (Å²) in [4.78, 5) is 34.5. The number of anilines is 1. The molecule has 3 N–H and O–H groups in total. The van der Waals surface area contributed by atoms with E-state index >= 15 is 0 Å². The van der Waals surface area contributed by atoms with Crippen molar-refractivity contribution in [3.8, 4) is 0 Å². The lowest BCUT2D eigenvalue weighted by molar-refractivity contribution is -0.159. The monoisotopic (exact) mass is 290 g/mol. The van der Waals surface area contributed by atoms with Gasteiger partial charge >= 0.3 is 5.97 Å². The van der Waals surface area contributed by atoms with Crippen LogP contribution in [0.1, 0.15) is 36.5 Å². The highest BCUT2D eigenvalue weighted by molar-refractivity contribution is 5.96. The topological polar surface area (TPSA) is 98.5 Å². The highest BCUT2D eigenvalue weighted by Crippen LogP contribution is 2.27. The Morgan fingerprint density at radius 2 is 1.86 bits per heavy atom. The van der Waals surface area contributed by atoms with Crippen molar-refractivity contribution in [1.29, 1.82) is 0 Å². The second-order valence-electron chi connectivity index (χ2n) is 5.14. The van der Waals surface area contributed by atoms with E-state index in [4.69, 9.17) is 10.5 Å². The van der Waals surface area contributed by atoms with Crippen molar-refractivity contribution in [2.75, 3.05) is 5.32 Å². The smallest absolute Gasteiger partial charge is 0.309 e. The highest BCUT2D eigenvalue weighted by atomic mass is 16.5. The first-order valence-corrected chi connectivity index (χ1v) is 6.88. The molecule has 0 radical (unpaired) electrons. The molecule has 0 aliphatic heterocycles. The van der Waals surface area contributed by atoms with Crippen LogP contribution in [-0.2, 0) is 14.3 Å². The van der Waals surface area contributed by atoms with Crippen LogP contribution in [-0.4, -0.2) is 23.9 Å². The molecule has 6 heteroatoms. The molecule has 0 bridgehead atoms. The maximum Gasteiger partial charge on any atom is 0.309 e. The number of hydrogen-bond acceptors (Lipinski definition) is 4. The lowest BCUT2D eigenvalue weighted by Gasteiger charge is -2.24. The summed E-state index contributed by atoms with van der Waals surface area (Å²) < 4.78 is 5.13. The SMILES string of the molecule is CC(OC(=O)C1CCC1)C(=O)Nc1ccc(C(N)=O)cc1. The van der Waals surface area contributed by atoms with Crippen LogP contribution in [0.2, 0.25) is 0 Å². The molecule has 2 amide bonds. The number of carbonyl (C=O) groups excluding carboxylic acids is 3. The molecule has 6 nitrogen and oxygen atoms in total. The molecular weight excluding hydrogens is 272 g/mol. The molecule has 1 fully saturated rings. The zero-order valence-corrected chi connectivity index (χ0v) is 11.8. The summed E-state index contributed by atoms with van der Waals surface area (Å²) in [6.07, 6.45) is 1.85. The van der Waals surface area contributed by atoms with Crippen molar-refractivity contribution in [2.45, 2.75) is 32.3 Å². The fourth-order valence-electron chi connectivity index (χ4n) is 1.93. The quantitative estimate of drug-likeness (QED) is 0.802. The Bertz CT molecular complexity index is 549. The minimum Gasteiger partial charge on any atom is -0.452 e. The summed E-state index contributed by atoms with van der Waals surface area (Å²) >= 11 is 0. The molecule has 1 unspecified atom stereocenters. The Morgan fingerprint density at radius 1 is 1.24 bits per heavy atom. The van der Waals surface area contributed by atoms with Gasteiger partial charge in [-0.3, -0.25) is 14.4 Å². The molecule has 0 heterocycles. The van der Waals surface area contributed by atoms with E-state index < -0.39 is 17.9 Å². The number of ether oxygens (including phenoxy) is 1. The van der Waals surface area contributed by atoms with Crippen LogP contribution in [0.25, 0.3) is 0 Å². The van der Waals surface area contributed by atoms with E-state index in [-0.39, 0.29) is 11.9 Å². The third kappa shape index (κ3) is 3.81. The van der Waals surface area contributed by atoms with E-state index in [1.165, 1.54) is 19.1 Å². The van der Waals surface area contributed by atoms with E-state index in [0.29, 0.717) is 11.3 Å². The number of carbonyl (C=O) groups is 3. The van der Waals surface area contributed by atoms with Crippen LogP contribution in [0, 0.1) is 5.92 Å². The van der Waals surface area contributed by atoms with Gasteiger partial charge in [0.25, 0.3) is 5.91 Å². The van der Waals surface area contributed by atoms with Crippen LogP contribution < -0.4 is 11.1 Å². The van der Waals surface area contributed by atoms with Crippen molar-refractivity contribution < 1.29 is 19.1 Å². The minimum absolute atomic E-state index is 0.0601. The third-order valence-electron chi connectivity index (χ3n) is 3.54. The van der Waals surface area contributed by atoms with Gasteiger partial charge in [-0.2, -0.15) is 0 Å². The zero-order chi connectivity index (χ0) is 15.4. The fraction of sp³-hybridized carbons (Fsp3) is 0.400. The Morgan fingerprint density at radius 3 is 2.33 bits per heavy atom. The van der Waals surface area contributed by atoms with Crippen molar-refractivity contribution in [3.05, 3.63) is 29.8 Å². The van der Waals surface area contributed by atoms with Crippen LogP contribution in [0.5, 0.6) is 0 Å². The predicted octanol–water partition coefficient (Wildman–Crippen LogP) is 1.46. The van der Waals surface area contributed by atoms with E-state index in [0.717, 1.165) is 19.3 Å². The van der Waals surface area contributed by atoms with Crippen LogP contribution >= 0.6 is 0 Å². The lowest BCUT2D eigenvalue weighted by atomic mass is 9.86. The second kappa shape index (κ2) is 6.39. The molecule has 1 atom stereocenters. The Kier molecular flexibility index (Phi) is 4.57. The van der Waals surface area contributed by atoms with Gasteiger partial charge in [0.2, 0.25) is 5.91 Å². The van der Waals surface area contributed by atoms with Gasteiger partial charge in [-0.1, -0.05) is 6.42 Å². The van der Waals surface area contributed by atoms with Gasteiger partial charge in [0, 0.05) is 11.3 Å². The number of nitrogens with two attached hydrogens (primary N) is 1. The number of hydrogen-bond donors (Lipinski definition) is 2. The number of primary amides is 1. The van der Waals surface area contributed by atoms with Gasteiger partial charge in [0.1, 0.15) is 0 Å². The molecular formula is C15H18N2O4. The average molecular weight is 290 g/mol. The molecule has 1 aliphatic rings. The van der Waals surface area contributed by atoms with E-state index in [9.17, 15) is 14.4 Å². The predicted molar refractivity (Wildman–Crippen MR) is 76.5 cm³/mol. The van der Waals surface area contributed by atoms with Crippen molar-refractivity contribution >= 4 is 23.5 Å². The van der Waals surface area contributed by atoms with Gasteiger partial charge in [-0.15, -0.1) is 0 Å². The number of esters is 1. The van der Waals surface area contributed by atoms with Crippen molar-refractivity contribution in [1.82, 2.24) is 0 Å². The standard InChI is InChI=1S/C15H18N2O4/c1-9(21-15(20)11-3-2-4-11)14(19)17-12-7-5-10(6-8-12)13(16)18/h5-9,11H,2-4H2,1H3,(H2,16,18)(H,17,19). The van der Waals surface area contributed by atoms with Gasteiger partial charge in [0.15, 0.2) is 6.10 Å². The number of rotatable bonds is 5. The molecule has 0 aromatic heterocycles. The maximum atomic E-state index is 11.9. The van der Waals surface area contributed by atoms with Crippen molar-refractivity contribution in [3.63, 3.8) is 0 Å². The second-order valence-corrected chi connectivity index (χ2v) is 5.14. The average Bonchev–Trinajstić information content (AvgIpc) is 2.36. The lowest BCUT2D eigenvalue weighted by Crippen LogP contribution is -2.34. The fourth-order valence-corrected chi connectivity index (χ4v) is 1.93. The minimum atomic E-state index is -0.853.